The Morgan fingerprint density at radius 2 is 2.00 bits per heavy atom. The van der Waals surface area contributed by atoms with Crippen LogP contribution in [0.15, 0.2) is 53.6 Å². The fourth-order valence-corrected chi connectivity index (χ4v) is 3.52. The van der Waals surface area contributed by atoms with Crippen LogP contribution in [-0.2, 0) is 20.7 Å². The zero-order valence-corrected chi connectivity index (χ0v) is 16.9. The van der Waals surface area contributed by atoms with E-state index in [2.05, 4.69) is 13.0 Å². The summed E-state index contributed by atoms with van der Waals surface area (Å²) < 4.78 is 10.9. The van der Waals surface area contributed by atoms with Crippen LogP contribution < -0.4 is 4.74 Å². The fraction of sp³-hybridized carbons (Fsp3) is 0.417. The third-order valence-corrected chi connectivity index (χ3v) is 5.47. The number of ether oxygens (including phenoxy) is 2. The molecule has 2 aliphatic rings. The van der Waals surface area contributed by atoms with E-state index in [1.807, 2.05) is 37.3 Å². The molecule has 148 valence electrons. The maximum Gasteiger partial charge on any atom is 0.339 e. The smallest absolute Gasteiger partial charge is 0.339 e. The van der Waals surface area contributed by atoms with Gasteiger partial charge in [-0.3, -0.25) is 4.79 Å². The third kappa shape index (κ3) is 5.08. The third-order valence-electron chi connectivity index (χ3n) is 5.47. The van der Waals surface area contributed by atoms with E-state index >= 15 is 0 Å². The van der Waals surface area contributed by atoms with Crippen molar-refractivity contribution in [3.63, 3.8) is 0 Å². The van der Waals surface area contributed by atoms with Crippen LogP contribution in [0.3, 0.4) is 0 Å². The van der Waals surface area contributed by atoms with Crippen molar-refractivity contribution in [3.8, 4) is 5.75 Å². The summed E-state index contributed by atoms with van der Waals surface area (Å²) in [4.78, 5) is 24.9. The van der Waals surface area contributed by atoms with E-state index in [-0.39, 0.29) is 17.9 Å². The lowest BCUT2D eigenvalue weighted by Crippen LogP contribution is -2.19. The average molecular weight is 380 g/mol. The molecule has 0 fully saturated rings. The van der Waals surface area contributed by atoms with Gasteiger partial charge < -0.3 is 9.47 Å². The molecule has 2 aliphatic carbocycles. The van der Waals surface area contributed by atoms with Gasteiger partial charge in [-0.05, 0) is 61.8 Å². The summed E-state index contributed by atoms with van der Waals surface area (Å²) in [7, 11) is 1.69. The second-order valence-corrected chi connectivity index (χ2v) is 7.67. The highest BCUT2D eigenvalue weighted by Gasteiger charge is 2.20. The van der Waals surface area contributed by atoms with Gasteiger partial charge in [-0.1, -0.05) is 37.3 Å². The zero-order chi connectivity index (χ0) is 20.1. The molecule has 1 aromatic carbocycles. The van der Waals surface area contributed by atoms with Crippen LogP contribution in [0.1, 0.15) is 43.7 Å². The number of carbonyl (C=O) groups excluding carboxylic acids is 2. The number of ketones is 1. The number of hydrogen-bond donors (Lipinski definition) is 0. The number of aryl methyl sites for hydroxylation is 1. The molecule has 0 amide bonds. The van der Waals surface area contributed by atoms with Crippen molar-refractivity contribution in [1.29, 1.82) is 0 Å². The van der Waals surface area contributed by atoms with Gasteiger partial charge in [0.15, 0.2) is 5.78 Å². The molecule has 0 heterocycles. The van der Waals surface area contributed by atoms with E-state index in [1.165, 1.54) is 0 Å². The first-order chi connectivity index (χ1) is 13.5. The highest BCUT2D eigenvalue weighted by molar-refractivity contribution is 5.99. The van der Waals surface area contributed by atoms with Gasteiger partial charge in [-0.15, -0.1) is 0 Å². The predicted molar refractivity (Wildman–Crippen MR) is 109 cm³/mol. The van der Waals surface area contributed by atoms with Crippen LogP contribution in [0.5, 0.6) is 5.75 Å². The first-order valence-corrected chi connectivity index (χ1v) is 9.91. The van der Waals surface area contributed by atoms with Gasteiger partial charge in [0.1, 0.15) is 5.75 Å². The van der Waals surface area contributed by atoms with Crippen molar-refractivity contribution < 1.29 is 19.1 Å². The van der Waals surface area contributed by atoms with Gasteiger partial charge in [0.2, 0.25) is 0 Å². The second kappa shape index (κ2) is 9.16. The molecular weight excluding hydrogens is 352 g/mol. The van der Waals surface area contributed by atoms with E-state index in [1.54, 1.807) is 13.2 Å². The molecule has 0 radical (unpaired) electrons. The van der Waals surface area contributed by atoms with E-state index in [9.17, 15) is 9.59 Å². The Labute approximate surface area is 166 Å². The SMILES string of the molecule is COC1CC=C(C(=O)Oc2ccc(CC(=O)C3=CCC(C)C=C3)c(C)c2)CC1. The minimum atomic E-state index is -0.301. The molecule has 2 atom stereocenters. The number of allylic oxidation sites excluding steroid dienone is 4. The number of hydrogen-bond acceptors (Lipinski definition) is 4. The van der Waals surface area contributed by atoms with Gasteiger partial charge >= 0.3 is 5.97 Å². The summed E-state index contributed by atoms with van der Waals surface area (Å²) in [5.41, 5.74) is 3.39. The number of carbonyl (C=O) groups is 2. The minimum Gasteiger partial charge on any atom is -0.423 e. The van der Waals surface area contributed by atoms with Crippen molar-refractivity contribution in [3.05, 3.63) is 64.8 Å². The Bertz CT molecular complexity index is 844. The normalized spacial score (nSPS) is 21.7. The average Bonchev–Trinajstić information content (AvgIpc) is 2.70. The molecule has 0 aliphatic heterocycles. The van der Waals surface area contributed by atoms with Crippen molar-refractivity contribution in [2.45, 2.75) is 52.1 Å². The molecule has 4 heteroatoms. The van der Waals surface area contributed by atoms with Crippen LogP contribution in [-0.4, -0.2) is 25.0 Å². The van der Waals surface area contributed by atoms with E-state index in [0.717, 1.165) is 36.0 Å². The fourth-order valence-electron chi connectivity index (χ4n) is 3.52. The summed E-state index contributed by atoms with van der Waals surface area (Å²) in [5.74, 6) is 0.825. The van der Waals surface area contributed by atoms with Crippen LogP contribution in [0.4, 0.5) is 0 Å². The van der Waals surface area contributed by atoms with Crippen molar-refractivity contribution >= 4 is 11.8 Å². The summed E-state index contributed by atoms with van der Waals surface area (Å²) in [5, 5.41) is 0. The first-order valence-electron chi connectivity index (χ1n) is 9.91. The molecule has 1 aromatic rings. The Morgan fingerprint density at radius 3 is 2.61 bits per heavy atom. The Morgan fingerprint density at radius 1 is 1.18 bits per heavy atom. The van der Waals surface area contributed by atoms with Gasteiger partial charge in [0.05, 0.1) is 6.10 Å². The highest BCUT2D eigenvalue weighted by Crippen LogP contribution is 2.24. The maximum atomic E-state index is 12.5. The van der Waals surface area contributed by atoms with Crippen molar-refractivity contribution in [2.24, 2.45) is 5.92 Å². The molecule has 3 rings (SSSR count). The zero-order valence-electron chi connectivity index (χ0n) is 16.9. The molecule has 0 N–H and O–H groups in total. The number of benzene rings is 1. The van der Waals surface area contributed by atoms with Gasteiger partial charge in [0.25, 0.3) is 0 Å². The lowest BCUT2D eigenvalue weighted by Gasteiger charge is -2.19. The maximum absolute atomic E-state index is 12.5. The summed E-state index contributed by atoms with van der Waals surface area (Å²) >= 11 is 0. The van der Waals surface area contributed by atoms with E-state index < -0.39 is 0 Å². The van der Waals surface area contributed by atoms with Gasteiger partial charge in [-0.2, -0.15) is 0 Å². The lowest BCUT2D eigenvalue weighted by molar-refractivity contribution is -0.130. The molecular formula is C24H28O4. The Balaban J connectivity index is 1.61. The van der Waals surface area contributed by atoms with Crippen molar-refractivity contribution in [1.82, 2.24) is 0 Å². The van der Waals surface area contributed by atoms with Crippen molar-refractivity contribution in [2.75, 3.05) is 7.11 Å². The molecule has 0 spiro atoms. The quantitative estimate of drug-likeness (QED) is 0.532. The van der Waals surface area contributed by atoms with Gasteiger partial charge in [0, 0.05) is 24.7 Å². The summed E-state index contributed by atoms with van der Waals surface area (Å²) in [6.07, 6.45) is 11.6. The summed E-state index contributed by atoms with van der Waals surface area (Å²) in [6.45, 7) is 4.08. The number of rotatable bonds is 6. The molecule has 0 saturated heterocycles. The molecule has 0 aromatic heterocycles. The highest BCUT2D eigenvalue weighted by atomic mass is 16.5. The lowest BCUT2D eigenvalue weighted by atomic mass is 9.93. The van der Waals surface area contributed by atoms with Gasteiger partial charge in [-0.25, -0.2) is 4.79 Å². The van der Waals surface area contributed by atoms with E-state index in [4.69, 9.17) is 9.47 Å². The van der Waals surface area contributed by atoms with Crippen LogP contribution >= 0.6 is 0 Å². The number of methoxy groups -OCH3 is 1. The number of esters is 1. The van der Waals surface area contributed by atoms with E-state index in [0.29, 0.717) is 30.1 Å². The standard InChI is InChI=1S/C24H28O4/c1-16-4-6-18(7-5-16)23(25)15-20-10-13-22(14-17(20)2)28-24(26)19-8-11-21(27-3)12-9-19/h4,6-8,10,13-14,16,21H,5,9,11-12,15H2,1-3H3. The van der Waals surface area contributed by atoms with Crippen LogP contribution in [0.2, 0.25) is 0 Å². The monoisotopic (exact) mass is 380 g/mol. The topological polar surface area (TPSA) is 52.6 Å². The predicted octanol–water partition coefficient (Wildman–Crippen LogP) is 4.66. The first kappa shape index (κ1) is 20.3. The molecule has 0 bridgehead atoms. The largest absolute Gasteiger partial charge is 0.423 e. The molecule has 4 nitrogen and oxygen atoms in total. The second-order valence-electron chi connectivity index (χ2n) is 7.67. The Kier molecular flexibility index (Phi) is 6.63. The van der Waals surface area contributed by atoms with Crippen LogP contribution in [0, 0.1) is 12.8 Å². The summed E-state index contributed by atoms with van der Waals surface area (Å²) in [6, 6.07) is 5.47. The minimum absolute atomic E-state index is 0.121. The molecule has 2 unspecified atom stereocenters. The molecule has 28 heavy (non-hydrogen) atoms. The van der Waals surface area contributed by atoms with Crippen LogP contribution in [0.25, 0.3) is 0 Å². The Hall–Kier alpha value is -2.46. The number of Topliss-reactive ketones (excluding diaryl/α,β-unsaturated/α-hetero) is 1. The molecule has 0 saturated carbocycles.